The summed E-state index contributed by atoms with van der Waals surface area (Å²) in [5.41, 5.74) is 2.38. The molecule has 2 aliphatic carbocycles. The van der Waals surface area contributed by atoms with Gasteiger partial charge in [0, 0.05) is 5.92 Å². The molecule has 4 heteroatoms. The predicted molar refractivity (Wildman–Crippen MR) is 65.6 cm³/mol. The van der Waals surface area contributed by atoms with Crippen molar-refractivity contribution in [3.63, 3.8) is 0 Å². The summed E-state index contributed by atoms with van der Waals surface area (Å²) in [6, 6.07) is 0. The van der Waals surface area contributed by atoms with Crippen molar-refractivity contribution in [2.24, 2.45) is 11.8 Å². The lowest BCUT2D eigenvalue weighted by molar-refractivity contribution is -0.144. The van der Waals surface area contributed by atoms with Gasteiger partial charge in [-0.1, -0.05) is 18.6 Å². The molecule has 0 heterocycles. The Labute approximate surface area is 107 Å². The lowest BCUT2D eigenvalue weighted by Crippen LogP contribution is -2.30. The zero-order valence-corrected chi connectivity index (χ0v) is 11.0. The zero-order valence-electron chi connectivity index (χ0n) is 11.0. The van der Waals surface area contributed by atoms with Gasteiger partial charge in [0.25, 0.3) is 0 Å². The Balaban J connectivity index is 2.31. The van der Waals surface area contributed by atoms with Gasteiger partial charge in [0.1, 0.15) is 5.57 Å². The van der Waals surface area contributed by atoms with E-state index in [0.29, 0.717) is 5.92 Å². The molecule has 1 fully saturated rings. The van der Waals surface area contributed by atoms with Crippen molar-refractivity contribution in [3.8, 4) is 0 Å². The summed E-state index contributed by atoms with van der Waals surface area (Å²) in [5, 5.41) is 0. The summed E-state index contributed by atoms with van der Waals surface area (Å²) in [7, 11) is 2.56. The van der Waals surface area contributed by atoms with Crippen LogP contribution in [0.15, 0.2) is 22.8 Å². The highest BCUT2D eigenvalue weighted by Crippen LogP contribution is 2.51. The summed E-state index contributed by atoms with van der Waals surface area (Å²) in [6.45, 7) is 2.13. The van der Waals surface area contributed by atoms with Crippen LogP contribution < -0.4 is 0 Å². The van der Waals surface area contributed by atoms with E-state index in [0.717, 1.165) is 24.8 Å². The molecule has 0 saturated heterocycles. The third-order valence-corrected chi connectivity index (χ3v) is 3.89. The van der Waals surface area contributed by atoms with Crippen molar-refractivity contribution in [3.05, 3.63) is 22.8 Å². The number of ether oxygens (including phenoxy) is 2. The Kier molecular flexibility index (Phi) is 3.55. The number of carbonyl (C=O) groups is 2. The molecular formula is C14H18O4. The molecule has 4 nitrogen and oxygen atoms in total. The molecule has 0 N–H and O–H groups in total. The van der Waals surface area contributed by atoms with Crippen LogP contribution in [-0.4, -0.2) is 26.2 Å². The third kappa shape index (κ3) is 1.96. The molecule has 0 amide bonds. The van der Waals surface area contributed by atoms with Crippen molar-refractivity contribution >= 4 is 11.9 Å². The number of methoxy groups -OCH3 is 2. The van der Waals surface area contributed by atoms with E-state index in [9.17, 15) is 9.59 Å². The summed E-state index contributed by atoms with van der Waals surface area (Å²) in [5.74, 6) is -0.394. The van der Waals surface area contributed by atoms with Gasteiger partial charge in [-0.05, 0) is 30.8 Å². The van der Waals surface area contributed by atoms with E-state index in [-0.39, 0.29) is 11.5 Å². The number of carbonyl (C=O) groups excluding carboxylic acids is 2. The van der Waals surface area contributed by atoms with Crippen molar-refractivity contribution in [1.29, 1.82) is 0 Å². The smallest absolute Gasteiger partial charge is 0.345 e. The molecule has 0 radical (unpaired) electrons. The summed E-state index contributed by atoms with van der Waals surface area (Å²) >= 11 is 0. The van der Waals surface area contributed by atoms with Gasteiger partial charge in [-0.15, -0.1) is 0 Å². The minimum Gasteiger partial charge on any atom is -0.465 e. The first-order valence-electron chi connectivity index (χ1n) is 6.21. The van der Waals surface area contributed by atoms with Gasteiger partial charge in [0.15, 0.2) is 0 Å². The normalized spacial score (nSPS) is 24.8. The van der Waals surface area contributed by atoms with Crippen molar-refractivity contribution < 1.29 is 19.1 Å². The van der Waals surface area contributed by atoms with Crippen LogP contribution in [-0.2, 0) is 19.1 Å². The van der Waals surface area contributed by atoms with Crippen LogP contribution >= 0.6 is 0 Å². The number of hydrogen-bond donors (Lipinski definition) is 0. The van der Waals surface area contributed by atoms with Gasteiger partial charge in [-0.3, -0.25) is 0 Å². The van der Waals surface area contributed by atoms with Gasteiger partial charge in [-0.25, -0.2) is 9.59 Å². The fraction of sp³-hybridized carbons (Fsp3) is 0.571. The second kappa shape index (κ2) is 4.96. The van der Waals surface area contributed by atoms with E-state index >= 15 is 0 Å². The summed E-state index contributed by atoms with van der Waals surface area (Å²) < 4.78 is 9.35. The Morgan fingerprint density at radius 1 is 1.22 bits per heavy atom. The Morgan fingerprint density at radius 2 is 1.83 bits per heavy atom. The summed E-state index contributed by atoms with van der Waals surface area (Å²) in [4.78, 5) is 23.4. The van der Waals surface area contributed by atoms with E-state index in [2.05, 4.69) is 22.5 Å². The van der Waals surface area contributed by atoms with Crippen LogP contribution in [0.3, 0.4) is 0 Å². The van der Waals surface area contributed by atoms with Gasteiger partial charge in [0.05, 0.1) is 14.2 Å². The Hall–Kier alpha value is -1.58. The molecule has 2 aliphatic rings. The first-order valence-corrected chi connectivity index (χ1v) is 6.21. The fourth-order valence-corrected chi connectivity index (χ4v) is 2.84. The number of hydrogen-bond acceptors (Lipinski definition) is 4. The van der Waals surface area contributed by atoms with Gasteiger partial charge in [0.2, 0.25) is 0 Å². The molecule has 0 aromatic heterocycles. The first-order chi connectivity index (χ1) is 8.62. The van der Waals surface area contributed by atoms with Crippen molar-refractivity contribution in [2.45, 2.75) is 26.2 Å². The van der Waals surface area contributed by atoms with Crippen LogP contribution in [0.5, 0.6) is 0 Å². The van der Waals surface area contributed by atoms with Crippen molar-refractivity contribution in [1.82, 2.24) is 0 Å². The number of allylic oxidation sites excluding steroid dienone is 3. The largest absolute Gasteiger partial charge is 0.465 e. The molecular weight excluding hydrogens is 232 g/mol. The standard InChI is InChI=1S/C14H18O4/c1-4-8-5-9-7-11(10(9)6-8)12(13(15)17-2)14(16)18-3/h6,9-10H,4-5,7H2,1-3H3/t9-,10-/m1/s1. The number of fused-ring (bicyclic) bond motifs is 1. The van der Waals surface area contributed by atoms with E-state index in [1.807, 2.05) is 0 Å². The number of rotatable bonds is 3. The first kappa shape index (κ1) is 12.9. The van der Waals surface area contributed by atoms with E-state index in [1.165, 1.54) is 19.8 Å². The quantitative estimate of drug-likeness (QED) is 0.253. The average molecular weight is 250 g/mol. The molecule has 0 spiro atoms. The van der Waals surface area contributed by atoms with Gasteiger partial charge in [-0.2, -0.15) is 0 Å². The molecule has 0 aliphatic heterocycles. The monoisotopic (exact) mass is 250 g/mol. The minimum atomic E-state index is -0.589. The van der Waals surface area contributed by atoms with Crippen molar-refractivity contribution in [2.75, 3.05) is 14.2 Å². The Bertz CT molecular complexity index is 427. The zero-order chi connectivity index (χ0) is 13.3. The lowest BCUT2D eigenvalue weighted by atomic mass is 9.69. The molecule has 1 saturated carbocycles. The molecule has 0 unspecified atom stereocenters. The molecule has 2 atom stereocenters. The Morgan fingerprint density at radius 3 is 2.33 bits per heavy atom. The second-order valence-electron chi connectivity index (χ2n) is 4.76. The molecule has 98 valence electrons. The third-order valence-electron chi connectivity index (χ3n) is 3.89. The molecule has 2 rings (SSSR count). The second-order valence-corrected chi connectivity index (χ2v) is 4.76. The predicted octanol–water partition coefficient (Wildman–Crippen LogP) is 2.01. The van der Waals surface area contributed by atoms with Gasteiger partial charge >= 0.3 is 11.9 Å². The average Bonchev–Trinajstić information content (AvgIpc) is 2.70. The summed E-state index contributed by atoms with van der Waals surface area (Å²) in [6.07, 6.45) is 5.10. The SMILES string of the molecule is CCC1=C[C@H]2C(=C(C(=O)OC)C(=O)OC)C[C@H]2C1. The molecule has 0 bridgehead atoms. The topological polar surface area (TPSA) is 52.6 Å². The maximum absolute atomic E-state index is 11.7. The number of esters is 2. The van der Waals surface area contributed by atoms with Crippen LogP contribution in [0.4, 0.5) is 0 Å². The van der Waals surface area contributed by atoms with Crippen LogP contribution in [0.1, 0.15) is 26.2 Å². The highest BCUT2D eigenvalue weighted by Gasteiger charge is 2.43. The maximum atomic E-state index is 11.7. The lowest BCUT2D eigenvalue weighted by Gasteiger charge is -2.35. The maximum Gasteiger partial charge on any atom is 0.345 e. The minimum absolute atomic E-state index is 0.0925. The van der Waals surface area contributed by atoms with Crippen LogP contribution in [0, 0.1) is 11.8 Å². The van der Waals surface area contributed by atoms with E-state index in [1.54, 1.807) is 0 Å². The highest BCUT2D eigenvalue weighted by atomic mass is 16.5. The highest BCUT2D eigenvalue weighted by molar-refractivity contribution is 6.15. The van der Waals surface area contributed by atoms with Crippen LogP contribution in [0.2, 0.25) is 0 Å². The van der Waals surface area contributed by atoms with Crippen LogP contribution in [0.25, 0.3) is 0 Å². The van der Waals surface area contributed by atoms with E-state index in [4.69, 9.17) is 0 Å². The molecule has 18 heavy (non-hydrogen) atoms. The van der Waals surface area contributed by atoms with Gasteiger partial charge < -0.3 is 9.47 Å². The molecule has 0 aromatic carbocycles. The fourth-order valence-electron chi connectivity index (χ4n) is 2.84. The van der Waals surface area contributed by atoms with E-state index < -0.39 is 11.9 Å². The molecule has 0 aromatic rings.